The summed E-state index contributed by atoms with van der Waals surface area (Å²) in [6.07, 6.45) is 3.60. The van der Waals surface area contributed by atoms with Gasteiger partial charge in [-0.15, -0.1) is 0 Å². The average molecular weight is 257 g/mol. The van der Waals surface area contributed by atoms with Crippen molar-refractivity contribution in [3.8, 4) is 0 Å². The Morgan fingerprint density at radius 1 is 1.32 bits per heavy atom. The van der Waals surface area contributed by atoms with Gasteiger partial charge in [0, 0.05) is 18.5 Å². The second-order valence-corrected chi connectivity index (χ2v) is 5.68. The van der Waals surface area contributed by atoms with Gasteiger partial charge >= 0.3 is 0 Å². The summed E-state index contributed by atoms with van der Waals surface area (Å²) in [5.74, 6) is 1.86. The molecule has 1 aliphatic carbocycles. The maximum absolute atomic E-state index is 5.50. The van der Waals surface area contributed by atoms with E-state index >= 15 is 0 Å². The van der Waals surface area contributed by atoms with E-state index in [1.54, 1.807) is 0 Å². The van der Waals surface area contributed by atoms with Gasteiger partial charge < -0.3 is 15.0 Å². The van der Waals surface area contributed by atoms with Crippen LogP contribution in [0.5, 0.6) is 0 Å². The van der Waals surface area contributed by atoms with Crippen LogP contribution >= 0.6 is 0 Å². The fourth-order valence-corrected chi connectivity index (χ4v) is 2.79. The number of imidazole rings is 1. The molecule has 1 aromatic carbocycles. The van der Waals surface area contributed by atoms with Crippen LogP contribution in [0.3, 0.4) is 0 Å². The van der Waals surface area contributed by atoms with Crippen molar-refractivity contribution in [2.75, 3.05) is 19.8 Å². The maximum Gasteiger partial charge on any atom is 0.110 e. The molecule has 2 heterocycles. The van der Waals surface area contributed by atoms with Crippen LogP contribution in [-0.2, 0) is 11.2 Å². The molecule has 19 heavy (non-hydrogen) atoms. The minimum absolute atomic E-state index is 0.442. The number of aromatic amines is 1. The highest BCUT2D eigenvalue weighted by Gasteiger charge is 2.26. The van der Waals surface area contributed by atoms with Gasteiger partial charge in [-0.25, -0.2) is 4.98 Å². The molecule has 4 rings (SSSR count). The molecule has 1 unspecified atom stereocenters. The Balaban J connectivity index is 1.56. The van der Waals surface area contributed by atoms with Crippen LogP contribution in [0.2, 0.25) is 0 Å². The molecule has 2 N–H and O–H groups in total. The lowest BCUT2D eigenvalue weighted by molar-refractivity contribution is 0.0770. The van der Waals surface area contributed by atoms with Gasteiger partial charge in [-0.1, -0.05) is 6.07 Å². The first-order valence-corrected chi connectivity index (χ1v) is 7.18. The average Bonchev–Trinajstić information content (AvgIpc) is 3.20. The number of aromatic nitrogens is 2. The number of nitrogens with zero attached hydrogens (tertiary/aromatic N) is 1. The van der Waals surface area contributed by atoms with Crippen LogP contribution in [0.15, 0.2) is 18.2 Å². The highest BCUT2D eigenvalue weighted by molar-refractivity contribution is 5.76. The zero-order valence-corrected chi connectivity index (χ0v) is 11.0. The number of fused-ring (bicyclic) bond motifs is 1. The number of morpholine rings is 1. The molecule has 2 aromatic rings. The van der Waals surface area contributed by atoms with E-state index in [4.69, 9.17) is 4.74 Å². The topological polar surface area (TPSA) is 49.9 Å². The Labute approximate surface area is 112 Å². The summed E-state index contributed by atoms with van der Waals surface area (Å²) in [6, 6.07) is 7.01. The quantitative estimate of drug-likeness (QED) is 0.884. The van der Waals surface area contributed by atoms with Crippen molar-refractivity contribution in [3.63, 3.8) is 0 Å². The highest BCUT2D eigenvalue weighted by atomic mass is 16.5. The maximum atomic E-state index is 5.50. The van der Waals surface area contributed by atoms with Gasteiger partial charge in [0.2, 0.25) is 0 Å². The molecule has 0 bridgehead atoms. The lowest BCUT2D eigenvalue weighted by Gasteiger charge is -2.23. The number of hydrogen-bond donors (Lipinski definition) is 2. The van der Waals surface area contributed by atoms with Gasteiger partial charge in [0.1, 0.15) is 5.82 Å². The molecule has 0 spiro atoms. The molecular formula is C15H19N3O. The van der Waals surface area contributed by atoms with Gasteiger partial charge in [0.15, 0.2) is 0 Å². The summed E-state index contributed by atoms with van der Waals surface area (Å²) in [4.78, 5) is 8.14. The summed E-state index contributed by atoms with van der Waals surface area (Å²) in [7, 11) is 0. The summed E-state index contributed by atoms with van der Waals surface area (Å²) in [6.45, 7) is 2.61. The fourth-order valence-electron chi connectivity index (χ4n) is 2.79. The largest absolute Gasteiger partial charge is 0.379 e. The summed E-state index contributed by atoms with van der Waals surface area (Å²) in [5.41, 5.74) is 3.62. The van der Waals surface area contributed by atoms with E-state index in [0.29, 0.717) is 12.0 Å². The Bertz CT molecular complexity index is 582. The molecule has 1 saturated carbocycles. The first-order chi connectivity index (χ1) is 9.38. The van der Waals surface area contributed by atoms with E-state index in [1.165, 1.54) is 29.7 Å². The zero-order valence-electron chi connectivity index (χ0n) is 11.0. The number of rotatable bonds is 3. The molecule has 4 nitrogen and oxygen atoms in total. The minimum atomic E-state index is 0.442. The van der Waals surface area contributed by atoms with Crippen LogP contribution in [-0.4, -0.2) is 35.8 Å². The standard InChI is InChI=1S/C15H19N3O/c1-4-13-14(18-15(17-13)11-2-3-11)8-10(1)7-12-9-19-6-5-16-12/h1,4,8,11-12,16H,2-3,5-7,9H2,(H,17,18). The molecule has 4 heteroatoms. The predicted octanol–water partition coefficient (Wildman–Crippen LogP) is 1.97. The zero-order chi connectivity index (χ0) is 12.7. The first kappa shape index (κ1) is 11.4. The molecule has 1 atom stereocenters. The number of H-pyrrole nitrogens is 1. The number of ether oxygens (including phenoxy) is 1. The van der Waals surface area contributed by atoms with Crippen molar-refractivity contribution in [3.05, 3.63) is 29.6 Å². The van der Waals surface area contributed by atoms with Gasteiger partial charge in [-0.3, -0.25) is 0 Å². The molecular weight excluding hydrogens is 238 g/mol. The van der Waals surface area contributed by atoms with E-state index in [1.807, 2.05) is 0 Å². The van der Waals surface area contributed by atoms with Crippen molar-refractivity contribution in [2.45, 2.75) is 31.2 Å². The summed E-state index contributed by atoms with van der Waals surface area (Å²) in [5, 5.41) is 3.50. The highest BCUT2D eigenvalue weighted by Crippen LogP contribution is 2.39. The SMILES string of the molecule is c1cc2nc(C3CC3)[nH]c2cc1CC1COCCN1. The van der Waals surface area contributed by atoms with Crippen molar-refractivity contribution in [1.29, 1.82) is 0 Å². The van der Waals surface area contributed by atoms with Crippen molar-refractivity contribution in [2.24, 2.45) is 0 Å². The third kappa shape index (κ3) is 2.38. The summed E-state index contributed by atoms with van der Waals surface area (Å²) < 4.78 is 5.50. The van der Waals surface area contributed by atoms with Crippen molar-refractivity contribution >= 4 is 11.0 Å². The Kier molecular flexibility index (Phi) is 2.78. The van der Waals surface area contributed by atoms with Crippen LogP contribution in [0, 0.1) is 0 Å². The van der Waals surface area contributed by atoms with E-state index in [0.717, 1.165) is 31.7 Å². The number of hydrogen-bond acceptors (Lipinski definition) is 3. The second kappa shape index (κ2) is 4.62. The molecule has 1 aromatic heterocycles. The van der Waals surface area contributed by atoms with Crippen molar-refractivity contribution in [1.82, 2.24) is 15.3 Å². The number of nitrogens with one attached hydrogen (secondary N) is 2. The van der Waals surface area contributed by atoms with E-state index in [-0.39, 0.29) is 0 Å². The van der Waals surface area contributed by atoms with Crippen LogP contribution in [0.25, 0.3) is 11.0 Å². The van der Waals surface area contributed by atoms with Crippen LogP contribution < -0.4 is 5.32 Å². The van der Waals surface area contributed by atoms with Crippen molar-refractivity contribution < 1.29 is 4.74 Å². The molecule has 2 fully saturated rings. The van der Waals surface area contributed by atoms with Gasteiger partial charge in [0.05, 0.1) is 24.2 Å². The first-order valence-electron chi connectivity index (χ1n) is 7.18. The predicted molar refractivity (Wildman–Crippen MR) is 74.4 cm³/mol. The molecule has 1 saturated heterocycles. The van der Waals surface area contributed by atoms with Crippen LogP contribution in [0.1, 0.15) is 30.1 Å². The molecule has 0 amide bonds. The van der Waals surface area contributed by atoms with Gasteiger partial charge in [-0.05, 0) is 37.0 Å². The van der Waals surface area contributed by atoms with Gasteiger partial charge in [0.25, 0.3) is 0 Å². The Morgan fingerprint density at radius 2 is 2.26 bits per heavy atom. The van der Waals surface area contributed by atoms with E-state index in [2.05, 4.69) is 33.5 Å². The minimum Gasteiger partial charge on any atom is -0.379 e. The fraction of sp³-hybridized carbons (Fsp3) is 0.533. The molecule has 0 radical (unpaired) electrons. The monoisotopic (exact) mass is 257 g/mol. The lowest BCUT2D eigenvalue weighted by atomic mass is 10.1. The molecule has 1 aliphatic heterocycles. The summed E-state index contributed by atoms with van der Waals surface area (Å²) >= 11 is 0. The normalized spacial score (nSPS) is 23.9. The van der Waals surface area contributed by atoms with E-state index in [9.17, 15) is 0 Å². The third-order valence-corrected chi connectivity index (χ3v) is 4.01. The van der Waals surface area contributed by atoms with E-state index < -0.39 is 0 Å². The Hall–Kier alpha value is -1.39. The molecule has 2 aliphatic rings. The van der Waals surface area contributed by atoms with Crippen LogP contribution in [0.4, 0.5) is 0 Å². The second-order valence-electron chi connectivity index (χ2n) is 5.68. The smallest absolute Gasteiger partial charge is 0.110 e. The Morgan fingerprint density at radius 3 is 3.05 bits per heavy atom. The molecule has 100 valence electrons. The third-order valence-electron chi connectivity index (χ3n) is 4.01. The van der Waals surface area contributed by atoms with Gasteiger partial charge in [-0.2, -0.15) is 0 Å². The number of benzene rings is 1. The lowest BCUT2D eigenvalue weighted by Crippen LogP contribution is -2.42.